The van der Waals surface area contributed by atoms with Crippen LogP contribution in [0, 0.1) is 0 Å². The van der Waals surface area contributed by atoms with Crippen molar-refractivity contribution in [3.63, 3.8) is 0 Å². The van der Waals surface area contributed by atoms with Crippen LogP contribution in [0.5, 0.6) is 0 Å². The van der Waals surface area contributed by atoms with E-state index in [0.717, 1.165) is 24.7 Å². The Labute approximate surface area is 83.8 Å². The molecule has 4 N–H and O–H groups in total. The first-order valence-electron chi connectivity index (χ1n) is 5.07. The summed E-state index contributed by atoms with van der Waals surface area (Å²) in [6, 6.07) is 1.38. The molecule has 1 saturated carbocycles. The zero-order valence-electron chi connectivity index (χ0n) is 8.48. The van der Waals surface area contributed by atoms with E-state index in [1.54, 1.807) is 0 Å². The van der Waals surface area contributed by atoms with Crippen LogP contribution in [-0.4, -0.2) is 35.2 Å². The fourth-order valence-corrected chi connectivity index (χ4v) is 1.99. The Morgan fingerprint density at radius 1 is 1.43 bits per heavy atom. The molecule has 5 nitrogen and oxygen atoms in total. The van der Waals surface area contributed by atoms with E-state index < -0.39 is 0 Å². The van der Waals surface area contributed by atoms with Gasteiger partial charge in [-0.3, -0.25) is 4.90 Å². The fraction of sp³-hybridized carbons (Fsp3) is 0.778. The predicted molar refractivity (Wildman–Crippen MR) is 57.1 cm³/mol. The Bertz CT molecular complexity index is 275. The Morgan fingerprint density at radius 2 is 2.14 bits per heavy atom. The van der Waals surface area contributed by atoms with Gasteiger partial charge in [0.2, 0.25) is 5.96 Å². The predicted octanol–water partition coefficient (Wildman–Crippen LogP) is -0.128. The van der Waals surface area contributed by atoms with Crippen molar-refractivity contribution in [2.75, 3.05) is 6.54 Å². The Kier molecular flexibility index (Phi) is 2.41. The molecule has 0 aromatic carbocycles. The zero-order chi connectivity index (χ0) is 10.1. The minimum atomic E-state index is 0.0371. The van der Waals surface area contributed by atoms with Gasteiger partial charge in [-0.25, -0.2) is 0 Å². The quantitative estimate of drug-likeness (QED) is 0.366. The van der Waals surface area contributed by atoms with Crippen molar-refractivity contribution < 1.29 is 0 Å². The molecule has 0 spiro atoms. The summed E-state index contributed by atoms with van der Waals surface area (Å²) in [7, 11) is 0. The summed E-state index contributed by atoms with van der Waals surface area (Å²) in [5.41, 5.74) is 11.5. The summed E-state index contributed by atoms with van der Waals surface area (Å²) in [4.78, 5) is 2.49. The molecule has 0 radical (unpaired) electrons. The van der Waals surface area contributed by atoms with Crippen LogP contribution >= 0.6 is 0 Å². The van der Waals surface area contributed by atoms with E-state index in [4.69, 9.17) is 11.5 Å². The number of guanidine groups is 1. The van der Waals surface area contributed by atoms with Gasteiger partial charge < -0.3 is 11.5 Å². The number of hydrogen-bond acceptors (Lipinski definition) is 3. The summed E-state index contributed by atoms with van der Waals surface area (Å²) in [6.07, 6.45) is 3.66. The number of nitrogens with zero attached hydrogens (tertiary/aromatic N) is 3. The molecule has 0 bridgehead atoms. The lowest BCUT2D eigenvalue weighted by molar-refractivity contribution is 0.262. The van der Waals surface area contributed by atoms with Crippen LogP contribution in [0.1, 0.15) is 26.2 Å². The molecule has 2 fully saturated rings. The second-order valence-corrected chi connectivity index (χ2v) is 4.15. The smallest absolute Gasteiger partial charge is 0.211 e. The highest BCUT2D eigenvalue weighted by Crippen LogP contribution is 2.32. The Hall–Kier alpha value is -1.10. The normalized spacial score (nSPS) is 30.9. The maximum absolute atomic E-state index is 5.22. The first kappa shape index (κ1) is 9.45. The van der Waals surface area contributed by atoms with Gasteiger partial charge in [0.05, 0.1) is 5.71 Å². The van der Waals surface area contributed by atoms with Crippen molar-refractivity contribution in [1.82, 2.24) is 4.90 Å². The third-order valence-corrected chi connectivity index (χ3v) is 2.79. The van der Waals surface area contributed by atoms with Gasteiger partial charge in [0.1, 0.15) is 0 Å². The lowest BCUT2D eigenvalue weighted by atomic mass is 10.2. The van der Waals surface area contributed by atoms with Gasteiger partial charge in [-0.05, 0) is 19.8 Å². The average molecular weight is 195 g/mol. The summed E-state index contributed by atoms with van der Waals surface area (Å²) in [5.74, 6) is 0.0371. The lowest BCUT2D eigenvalue weighted by Gasteiger charge is -2.18. The molecule has 0 amide bonds. The molecular formula is C9H17N5. The molecule has 1 saturated heterocycles. The van der Waals surface area contributed by atoms with Gasteiger partial charge in [0.25, 0.3) is 0 Å². The largest absolute Gasteiger partial charge is 0.369 e. The van der Waals surface area contributed by atoms with Gasteiger partial charge in [0, 0.05) is 25.0 Å². The van der Waals surface area contributed by atoms with Crippen LogP contribution in [0.15, 0.2) is 10.2 Å². The zero-order valence-corrected chi connectivity index (χ0v) is 8.48. The van der Waals surface area contributed by atoms with E-state index in [-0.39, 0.29) is 5.96 Å². The second-order valence-electron chi connectivity index (χ2n) is 4.15. The SMILES string of the molecule is CC1CC(=NN=C(N)N)CN1C1CC1. The van der Waals surface area contributed by atoms with Crippen molar-refractivity contribution in [2.24, 2.45) is 21.7 Å². The molecule has 1 aliphatic heterocycles. The summed E-state index contributed by atoms with van der Waals surface area (Å²) < 4.78 is 0. The number of nitrogens with two attached hydrogens (primary N) is 2. The second kappa shape index (κ2) is 3.57. The molecule has 78 valence electrons. The topological polar surface area (TPSA) is 80.0 Å². The minimum absolute atomic E-state index is 0.0371. The molecule has 0 aromatic rings. The van der Waals surface area contributed by atoms with Crippen LogP contribution in [-0.2, 0) is 0 Å². The monoisotopic (exact) mass is 195 g/mol. The molecule has 1 aliphatic carbocycles. The molecule has 2 rings (SSSR count). The molecule has 0 aromatic heterocycles. The molecule has 14 heavy (non-hydrogen) atoms. The van der Waals surface area contributed by atoms with Crippen LogP contribution in [0.4, 0.5) is 0 Å². The molecule has 1 atom stereocenters. The van der Waals surface area contributed by atoms with Crippen LogP contribution in [0.2, 0.25) is 0 Å². The highest BCUT2D eigenvalue weighted by atomic mass is 15.3. The van der Waals surface area contributed by atoms with E-state index in [0.29, 0.717) is 6.04 Å². The van der Waals surface area contributed by atoms with Gasteiger partial charge in [0.15, 0.2) is 0 Å². The Balaban J connectivity index is 1.98. The lowest BCUT2D eigenvalue weighted by Crippen LogP contribution is -2.29. The van der Waals surface area contributed by atoms with Crippen LogP contribution in [0.25, 0.3) is 0 Å². The summed E-state index contributed by atoms with van der Waals surface area (Å²) >= 11 is 0. The third kappa shape index (κ3) is 2.04. The first-order chi connectivity index (χ1) is 6.66. The number of rotatable bonds is 2. The van der Waals surface area contributed by atoms with E-state index >= 15 is 0 Å². The fourth-order valence-electron chi connectivity index (χ4n) is 1.99. The highest BCUT2D eigenvalue weighted by molar-refractivity contribution is 5.89. The summed E-state index contributed by atoms with van der Waals surface area (Å²) in [6.45, 7) is 3.17. The van der Waals surface area contributed by atoms with E-state index in [9.17, 15) is 0 Å². The maximum atomic E-state index is 5.22. The minimum Gasteiger partial charge on any atom is -0.369 e. The van der Waals surface area contributed by atoms with Crippen molar-refractivity contribution in [3.05, 3.63) is 0 Å². The van der Waals surface area contributed by atoms with E-state index in [2.05, 4.69) is 22.0 Å². The molecule has 1 unspecified atom stereocenters. The Morgan fingerprint density at radius 3 is 2.71 bits per heavy atom. The third-order valence-electron chi connectivity index (χ3n) is 2.79. The first-order valence-corrected chi connectivity index (χ1v) is 5.07. The standard InChI is InChI=1S/C9H17N5/c1-6-4-7(12-13-9(10)11)5-14(6)8-2-3-8/h6,8H,2-5H2,1H3,(H4,10,11,13). The summed E-state index contributed by atoms with van der Waals surface area (Å²) in [5, 5.41) is 7.74. The molecule has 1 heterocycles. The average Bonchev–Trinajstić information content (AvgIpc) is 2.88. The van der Waals surface area contributed by atoms with E-state index in [1.165, 1.54) is 12.8 Å². The number of likely N-dealkylation sites (tertiary alicyclic amines) is 1. The van der Waals surface area contributed by atoms with Crippen molar-refractivity contribution in [3.8, 4) is 0 Å². The van der Waals surface area contributed by atoms with Gasteiger partial charge in [-0.1, -0.05) is 0 Å². The van der Waals surface area contributed by atoms with Crippen molar-refractivity contribution >= 4 is 11.7 Å². The van der Waals surface area contributed by atoms with Gasteiger partial charge >= 0.3 is 0 Å². The van der Waals surface area contributed by atoms with Crippen molar-refractivity contribution in [2.45, 2.75) is 38.3 Å². The molecule has 2 aliphatic rings. The van der Waals surface area contributed by atoms with E-state index in [1.807, 2.05) is 0 Å². The highest BCUT2D eigenvalue weighted by Gasteiger charge is 2.37. The van der Waals surface area contributed by atoms with Crippen LogP contribution < -0.4 is 11.5 Å². The van der Waals surface area contributed by atoms with Crippen molar-refractivity contribution in [1.29, 1.82) is 0 Å². The maximum Gasteiger partial charge on any atom is 0.211 e. The molecular weight excluding hydrogens is 178 g/mol. The molecule has 5 heteroatoms. The van der Waals surface area contributed by atoms with Gasteiger partial charge in [-0.2, -0.15) is 5.10 Å². The van der Waals surface area contributed by atoms with Gasteiger partial charge in [-0.15, -0.1) is 5.10 Å². The number of hydrogen-bond donors (Lipinski definition) is 2. The van der Waals surface area contributed by atoms with Crippen LogP contribution in [0.3, 0.4) is 0 Å².